The lowest BCUT2D eigenvalue weighted by molar-refractivity contribution is 0.212. The van der Waals surface area contributed by atoms with Crippen molar-refractivity contribution < 1.29 is 9.21 Å². The fraction of sp³-hybridized carbons (Fsp3) is 0.278. The highest BCUT2D eigenvalue weighted by atomic mass is 16.3. The van der Waals surface area contributed by atoms with Crippen LogP contribution in [0.2, 0.25) is 0 Å². The van der Waals surface area contributed by atoms with Gasteiger partial charge >= 0.3 is 6.03 Å². The average molecular weight is 367 g/mol. The van der Waals surface area contributed by atoms with Gasteiger partial charge in [0.1, 0.15) is 0 Å². The van der Waals surface area contributed by atoms with Crippen molar-refractivity contribution in [1.29, 1.82) is 0 Å². The first-order chi connectivity index (χ1) is 13.2. The van der Waals surface area contributed by atoms with Crippen LogP contribution in [0.5, 0.6) is 0 Å². The SMILES string of the molecule is CN(CC1CNNC1c1ccccc1)C(=O)Nc1n[nH]c(-c2ccco2)n1. The van der Waals surface area contributed by atoms with E-state index in [0.29, 0.717) is 18.1 Å². The van der Waals surface area contributed by atoms with Crippen LogP contribution < -0.4 is 16.2 Å². The van der Waals surface area contributed by atoms with Crippen LogP contribution in [0.4, 0.5) is 10.7 Å². The van der Waals surface area contributed by atoms with Gasteiger partial charge in [-0.15, -0.1) is 5.10 Å². The predicted octanol–water partition coefficient (Wildman–Crippen LogP) is 1.99. The van der Waals surface area contributed by atoms with E-state index in [1.54, 1.807) is 30.3 Å². The number of hydrogen-bond donors (Lipinski definition) is 4. The first-order valence-electron chi connectivity index (χ1n) is 8.72. The van der Waals surface area contributed by atoms with Crippen LogP contribution in [0.3, 0.4) is 0 Å². The zero-order valence-electron chi connectivity index (χ0n) is 14.8. The summed E-state index contributed by atoms with van der Waals surface area (Å²) in [4.78, 5) is 18.4. The van der Waals surface area contributed by atoms with Gasteiger partial charge in [0.15, 0.2) is 11.6 Å². The van der Waals surface area contributed by atoms with Gasteiger partial charge in [0, 0.05) is 26.1 Å². The fourth-order valence-corrected chi connectivity index (χ4v) is 3.19. The molecule has 3 heterocycles. The largest absolute Gasteiger partial charge is 0.461 e. The lowest BCUT2D eigenvalue weighted by Crippen LogP contribution is -2.37. The molecule has 140 valence electrons. The van der Waals surface area contributed by atoms with Crippen molar-refractivity contribution in [1.82, 2.24) is 30.9 Å². The molecule has 27 heavy (non-hydrogen) atoms. The van der Waals surface area contributed by atoms with E-state index in [1.165, 1.54) is 5.56 Å². The second-order valence-electron chi connectivity index (χ2n) is 6.47. The lowest BCUT2D eigenvalue weighted by atomic mass is 9.94. The highest BCUT2D eigenvalue weighted by molar-refractivity contribution is 5.87. The molecule has 0 radical (unpaired) electrons. The molecule has 1 aromatic carbocycles. The lowest BCUT2D eigenvalue weighted by Gasteiger charge is -2.24. The van der Waals surface area contributed by atoms with Crippen LogP contribution in [-0.2, 0) is 0 Å². The molecule has 0 bridgehead atoms. The Labute approximate surface area is 156 Å². The van der Waals surface area contributed by atoms with Gasteiger partial charge in [-0.05, 0) is 17.7 Å². The topological polar surface area (TPSA) is 111 Å². The van der Waals surface area contributed by atoms with Crippen molar-refractivity contribution in [3.8, 4) is 11.6 Å². The summed E-state index contributed by atoms with van der Waals surface area (Å²) in [5.74, 6) is 1.48. The Morgan fingerprint density at radius 2 is 2.15 bits per heavy atom. The second-order valence-corrected chi connectivity index (χ2v) is 6.47. The Bertz CT molecular complexity index is 878. The maximum Gasteiger partial charge on any atom is 0.324 e. The molecule has 4 N–H and O–H groups in total. The van der Waals surface area contributed by atoms with E-state index in [-0.39, 0.29) is 23.9 Å². The van der Waals surface area contributed by atoms with E-state index < -0.39 is 0 Å². The molecular weight excluding hydrogens is 346 g/mol. The molecule has 9 heteroatoms. The van der Waals surface area contributed by atoms with Crippen molar-refractivity contribution in [2.24, 2.45) is 5.92 Å². The first kappa shape index (κ1) is 17.3. The number of H-pyrrole nitrogens is 1. The molecule has 1 fully saturated rings. The van der Waals surface area contributed by atoms with Gasteiger partial charge in [0.25, 0.3) is 5.95 Å². The molecule has 0 saturated carbocycles. The second kappa shape index (κ2) is 7.60. The molecule has 2 unspecified atom stereocenters. The number of amides is 2. The number of aromatic amines is 1. The third kappa shape index (κ3) is 3.83. The molecule has 4 rings (SSSR count). The summed E-state index contributed by atoms with van der Waals surface area (Å²) in [6.45, 7) is 1.36. The molecule has 1 aliphatic heterocycles. The van der Waals surface area contributed by atoms with E-state index in [2.05, 4.69) is 43.5 Å². The number of nitrogens with one attached hydrogen (secondary N) is 4. The van der Waals surface area contributed by atoms with Crippen LogP contribution in [0.25, 0.3) is 11.6 Å². The highest BCUT2D eigenvalue weighted by Crippen LogP contribution is 2.25. The molecule has 1 aliphatic rings. The van der Waals surface area contributed by atoms with Crippen molar-refractivity contribution in [3.63, 3.8) is 0 Å². The van der Waals surface area contributed by atoms with Crippen LogP contribution in [-0.4, -0.2) is 46.2 Å². The summed E-state index contributed by atoms with van der Waals surface area (Å²) in [7, 11) is 1.76. The number of hydrogen-bond acceptors (Lipinski definition) is 6. The van der Waals surface area contributed by atoms with Gasteiger partial charge in [0.05, 0.1) is 12.3 Å². The van der Waals surface area contributed by atoms with Gasteiger partial charge in [-0.3, -0.25) is 15.8 Å². The predicted molar refractivity (Wildman–Crippen MR) is 99.5 cm³/mol. The van der Waals surface area contributed by atoms with Gasteiger partial charge < -0.3 is 9.32 Å². The number of nitrogens with zero attached hydrogens (tertiary/aromatic N) is 3. The Morgan fingerprint density at radius 3 is 2.93 bits per heavy atom. The molecule has 2 atom stereocenters. The number of furan rings is 1. The Kier molecular flexibility index (Phi) is 4.86. The Hall–Kier alpha value is -3.17. The molecule has 0 spiro atoms. The molecular formula is C18H21N7O2. The number of anilines is 1. The van der Waals surface area contributed by atoms with Crippen molar-refractivity contribution in [2.75, 3.05) is 25.5 Å². The molecule has 3 aromatic rings. The molecule has 1 saturated heterocycles. The third-order valence-electron chi connectivity index (χ3n) is 4.57. The van der Waals surface area contributed by atoms with E-state index in [0.717, 1.165) is 6.54 Å². The molecule has 2 amide bonds. The number of hydrazine groups is 1. The maximum atomic E-state index is 12.5. The number of benzene rings is 1. The number of carbonyl (C=O) groups excluding carboxylic acids is 1. The normalized spacial score (nSPS) is 19.1. The van der Waals surface area contributed by atoms with Crippen LogP contribution in [0.1, 0.15) is 11.6 Å². The van der Waals surface area contributed by atoms with Crippen LogP contribution >= 0.6 is 0 Å². The van der Waals surface area contributed by atoms with E-state index in [1.807, 2.05) is 18.2 Å². The van der Waals surface area contributed by atoms with Gasteiger partial charge in [-0.25, -0.2) is 10.2 Å². The van der Waals surface area contributed by atoms with Gasteiger partial charge in [-0.2, -0.15) is 4.98 Å². The summed E-state index contributed by atoms with van der Waals surface area (Å²) >= 11 is 0. The van der Waals surface area contributed by atoms with Gasteiger partial charge in [-0.1, -0.05) is 30.3 Å². The average Bonchev–Trinajstić information content (AvgIpc) is 3.44. The number of rotatable bonds is 5. The quantitative estimate of drug-likeness (QED) is 0.549. The Morgan fingerprint density at radius 1 is 1.30 bits per heavy atom. The van der Waals surface area contributed by atoms with Crippen molar-refractivity contribution in [3.05, 3.63) is 54.3 Å². The maximum absolute atomic E-state index is 12.5. The van der Waals surface area contributed by atoms with Crippen molar-refractivity contribution in [2.45, 2.75) is 6.04 Å². The minimum atomic E-state index is -0.265. The minimum absolute atomic E-state index is 0.149. The smallest absolute Gasteiger partial charge is 0.324 e. The summed E-state index contributed by atoms with van der Waals surface area (Å²) in [6.07, 6.45) is 1.55. The summed E-state index contributed by atoms with van der Waals surface area (Å²) < 4.78 is 5.26. The zero-order valence-corrected chi connectivity index (χ0v) is 14.8. The molecule has 2 aromatic heterocycles. The summed E-state index contributed by atoms with van der Waals surface area (Å²) in [5, 5.41) is 9.46. The standard InChI is InChI=1S/C18H21N7O2/c1-25(11-13-10-19-22-15(13)12-6-3-2-4-7-12)18(26)21-17-20-16(23-24-17)14-8-5-9-27-14/h2-9,13,15,19,22H,10-11H2,1H3,(H2,20,21,23,24,26). The zero-order chi connectivity index (χ0) is 18.6. The molecule has 9 nitrogen and oxygen atoms in total. The third-order valence-corrected chi connectivity index (χ3v) is 4.57. The van der Waals surface area contributed by atoms with Crippen molar-refractivity contribution >= 4 is 12.0 Å². The van der Waals surface area contributed by atoms with Crippen LogP contribution in [0.15, 0.2) is 53.1 Å². The first-order valence-corrected chi connectivity index (χ1v) is 8.72. The summed E-state index contributed by atoms with van der Waals surface area (Å²) in [5.41, 5.74) is 7.67. The van der Waals surface area contributed by atoms with Gasteiger partial charge in [0.2, 0.25) is 0 Å². The monoisotopic (exact) mass is 367 g/mol. The van der Waals surface area contributed by atoms with E-state index in [9.17, 15) is 4.79 Å². The van der Waals surface area contributed by atoms with E-state index in [4.69, 9.17) is 4.42 Å². The molecule has 0 aliphatic carbocycles. The fourth-order valence-electron chi connectivity index (χ4n) is 3.19. The summed E-state index contributed by atoms with van der Waals surface area (Å²) in [6, 6.07) is 13.6. The van der Waals surface area contributed by atoms with Crippen LogP contribution in [0, 0.1) is 5.92 Å². The van der Waals surface area contributed by atoms with E-state index >= 15 is 0 Å². The number of aromatic nitrogens is 3. The Balaban J connectivity index is 1.36. The minimum Gasteiger partial charge on any atom is -0.461 e. The highest BCUT2D eigenvalue weighted by Gasteiger charge is 2.30. The number of carbonyl (C=O) groups is 1. The number of urea groups is 1.